The molecule has 0 N–H and O–H groups in total. The van der Waals surface area contributed by atoms with Gasteiger partial charge in [-0.3, -0.25) is 4.79 Å². The minimum Gasteiger partial charge on any atom is -0.289 e. The van der Waals surface area contributed by atoms with Crippen LogP contribution in [0.4, 0.5) is 13.2 Å². The van der Waals surface area contributed by atoms with Gasteiger partial charge in [0.1, 0.15) is 0 Å². The lowest BCUT2D eigenvalue weighted by atomic mass is 10.1. The van der Waals surface area contributed by atoms with Crippen LogP contribution >= 0.6 is 0 Å². The zero-order chi connectivity index (χ0) is 14.3. The molecule has 0 amide bonds. The molecule has 0 aliphatic heterocycles. The molecule has 0 spiro atoms. The van der Waals surface area contributed by atoms with E-state index in [0.29, 0.717) is 16.2 Å². The van der Waals surface area contributed by atoms with Gasteiger partial charge in [0.15, 0.2) is 5.43 Å². The maximum Gasteiger partial charge on any atom is 0.416 e. The third kappa shape index (κ3) is 2.03. The average molecular weight is 274 g/mol. The number of fused-ring (bicyclic) bond motifs is 2. The summed E-state index contributed by atoms with van der Waals surface area (Å²) in [4.78, 5) is 12.4. The van der Waals surface area contributed by atoms with E-state index in [4.69, 9.17) is 0 Å². The van der Waals surface area contributed by atoms with Crippen LogP contribution in [0.15, 0.2) is 59.4 Å². The summed E-state index contributed by atoms with van der Waals surface area (Å²) in [5, 5.41) is 1.71. The van der Waals surface area contributed by atoms with Gasteiger partial charge in [-0.1, -0.05) is 42.5 Å². The summed E-state index contributed by atoms with van der Waals surface area (Å²) < 4.78 is 38.3. The first kappa shape index (κ1) is 12.7. The lowest BCUT2D eigenvalue weighted by molar-refractivity contribution is -0.137. The molecular formula is C16H9F3O. The van der Waals surface area contributed by atoms with Crippen molar-refractivity contribution in [2.75, 3.05) is 0 Å². The highest BCUT2D eigenvalue weighted by Gasteiger charge is 2.30. The highest BCUT2D eigenvalue weighted by molar-refractivity contribution is 5.93. The normalized spacial score (nSPS) is 11.9. The number of rotatable bonds is 0. The lowest BCUT2D eigenvalue weighted by Gasteiger charge is -2.06. The molecule has 0 unspecified atom stereocenters. The fourth-order valence-corrected chi connectivity index (χ4v) is 2.25. The second kappa shape index (κ2) is 4.34. The van der Waals surface area contributed by atoms with Crippen LogP contribution in [0.5, 0.6) is 0 Å². The summed E-state index contributed by atoms with van der Waals surface area (Å²) in [7, 11) is 0. The van der Waals surface area contributed by atoms with Crippen LogP contribution in [0.2, 0.25) is 0 Å². The first-order valence-corrected chi connectivity index (χ1v) is 6.00. The summed E-state index contributed by atoms with van der Waals surface area (Å²) in [6.45, 7) is 0. The maximum atomic E-state index is 12.8. The van der Waals surface area contributed by atoms with E-state index in [0.717, 1.165) is 12.1 Å². The van der Waals surface area contributed by atoms with Crippen LogP contribution < -0.4 is 5.43 Å². The van der Waals surface area contributed by atoms with Gasteiger partial charge in [-0.25, -0.2) is 0 Å². The fraction of sp³-hybridized carbons (Fsp3) is 0.0625. The molecule has 3 aromatic rings. The Morgan fingerprint density at radius 3 is 2.05 bits per heavy atom. The molecule has 100 valence electrons. The Morgan fingerprint density at radius 2 is 1.35 bits per heavy atom. The van der Waals surface area contributed by atoms with E-state index in [1.807, 2.05) is 0 Å². The second-order valence-electron chi connectivity index (χ2n) is 4.55. The van der Waals surface area contributed by atoms with Crippen LogP contribution in [0.1, 0.15) is 5.56 Å². The fourth-order valence-electron chi connectivity index (χ4n) is 2.25. The van der Waals surface area contributed by atoms with Crippen molar-refractivity contribution >= 4 is 21.5 Å². The Hall–Kier alpha value is -2.36. The minimum absolute atomic E-state index is 0.0843. The van der Waals surface area contributed by atoms with Gasteiger partial charge in [0.25, 0.3) is 0 Å². The van der Waals surface area contributed by atoms with Crippen molar-refractivity contribution in [3.63, 3.8) is 0 Å². The molecule has 1 nitrogen and oxygen atoms in total. The number of benzene rings is 2. The number of alkyl halides is 3. The molecule has 0 radical (unpaired) electrons. The number of hydrogen-bond donors (Lipinski definition) is 0. The monoisotopic (exact) mass is 274 g/mol. The molecule has 0 aliphatic carbocycles. The molecule has 4 heteroatoms. The van der Waals surface area contributed by atoms with Gasteiger partial charge >= 0.3 is 6.18 Å². The van der Waals surface area contributed by atoms with E-state index in [1.165, 1.54) is 6.07 Å². The molecule has 3 rings (SSSR count). The van der Waals surface area contributed by atoms with E-state index in [1.54, 1.807) is 36.4 Å². The quantitative estimate of drug-likeness (QED) is 0.595. The van der Waals surface area contributed by atoms with E-state index in [9.17, 15) is 18.0 Å². The topological polar surface area (TPSA) is 17.1 Å². The summed E-state index contributed by atoms with van der Waals surface area (Å²) in [6.07, 6.45) is -4.45. The van der Waals surface area contributed by atoms with Gasteiger partial charge in [0.2, 0.25) is 0 Å². The Labute approximate surface area is 112 Å². The molecule has 0 bridgehead atoms. The van der Waals surface area contributed by atoms with Gasteiger partial charge < -0.3 is 0 Å². The highest BCUT2D eigenvalue weighted by Crippen LogP contribution is 2.30. The standard InChI is InChI=1S/C16H9F3O/c17-16(18,19)12-8-7-11-6-5-10-3-1-2-4-13(10)15(20)14(11)9-12/h1-9H. The summed E-state index contributed by atoms with van der Waals surface area (Å²) in [5.74, 6) is 0. The van der Waals surface area contributed by atoms with Crippen molar-refractivity contribution in [1.29, 1.82) is 0 Å². The van der Waals surface area contributed by atoms with Gasteiger partial charge in [-0.05, 0) is 22.9 Å². The maximum absolute atomic E-state index is 12.8. The van der Waals surface area contributed by atoms with Gasteiger partial charge in [0, 0.05) is 10.8 Å². The van der Waals surface area contributed by atoms with Crippen LogP contribution in [0, 0.1) is 0 Å². The average Bonchev–Trinajstić information content (AvgIpc) is 2.56. The first-order valence-electron chi connectivity index (χ1n) is 6.00. The lowest BCUT2D eigenvalue weighted by Crippen LogP contribution is -2.06. The van der Waals surface area contributed by atoms with Gasteiger partial charge in [-0.2, -0.15) is 13.2 Å². The molecule has 0 saturated heterocycles. The van der Waals surface area contributed by atoms with Crippen molar-refractivity contribution in [3.05, 3.63) is 70.4 Å². The Kier molecular flexibility index (Phi) is 2.74. The Bertz CT molecular complexity index is 866. The third-order valence-electron chi connectivity index (χ3n) is 3.27. The van der Waals surface area contributed by atoms with Crippen molar-refractivity contribution in [3.8, 4) is 0 Å². The molecule has 0 saturated carbocycles. The Morgan fingerprint density at radius 1 is 0.750 bits per heavy atom. The molecule has 0 atom stereocenters. The largest absolute Gasteiger partial charge is 0.416 e. The smallest absolute Gasteiger partial charge is 0.289 e. The number of hydrogen-bond acceptors (Lipinski definition) is 1. The SMILES string of the molecule is O=c1c2ccccc2ccc2ccc(C(F)(F)F)cc12. The molecule has 3 aromatic carbocycles. The first-order chi connectivity index (χ1) is 9.47. The second-order valence-corrected chi connectivity index (χ2v) is 4.55. The number of halogens is 3. The summed E-state index contributed by atoms with van der Waals surface area (Å²) >= 11 is 0. The van der Waals surface area contributed by atoms with Crippen LogP contribution in [-0.2, 0) is 6.18 Å². The van der Waals surface area contributed by atoms with Crippen molar-refractivity contribution in [1.82, 2.24) is 0 Å². The molecular weight excluding hydrogens is 265 g/mol. The van der Waals surface area contributed by atoms with Crippen LogP contribution in [0.3, 0.4) is 0 Å². The predicted molar refractivity (Wildman–Crippen MR) is 72.7 cm³/mol. The summed E-state index contributed by atoms with van der Waals surface area (Å²) in [5.41, 5.74) is -1.19. The Balaban J connectivity index is 2.49. The van der Waals surface area contributed by atoms with Crippen LogP contribution in [-0.4, -0.2) is 0 Å². The predicted octanol–water partition coefficient (Wildman–Crippen LogP) is 4.37. The molecule has 0 aliphatic rings. The molecule has 20 heavy (non-hydrogen) atoms. The third-order valence-corrected chi connectivity index (χ3v) is 3.27. The highest BCUT2D eigenvalue weighted by atomic mass is 19.4. The molecule has 0 fully saturated rings. The van der Waals surface area contributed by atoms with Gasteiger partial charge in [-0.15, -0.1) is 0 Å². The van der Waals surface area contributed by atoms with Gasteiger partial charge in [0.05, 0.1) is 5.56 Å². The summed E-state index contributed by atoms with van der Waals surface area (Å²) in [6, 6.07) is 13.5. The van der Waals surface area contributed by atoms with E-state index in [-0.39, 0.29) is 10.8 Å². The van der Waals surface area contributed by atoms with Crippen molar-refractivity contribution in [2.24, 2.45) is 0 Å². The molecule has 0 aromatic heterocycles. The zero-order valence-corrected chi connectivity index (χ0v) is 10.2. The van der Waals surface area contributed by atoms with E-state index < -0.39 is 11.7 Å². The minimum atomic E-state index is -4.45. The molecule has 0 heterocycles. The zero-order valence-electron chi connectivity index (χ0n) is 10.2. The van der Waals surface area contributed by atoms with E-state index >= 15 is 0 Å². The van der Waals surface area contributed by atoms with Crippen molar-refractivity contribution in [2.45, 2.75) is 6.18 Å². The van der Waals surface area contributed by atoms with E-state index in [2.05, 4.69) is 0 Å². The van der Waals surface area contributed by atoms with Crippen molar-refractivity contribution < 1.29 is 13.2 Å². The van der Waals surface area contributed by atoms with Crippen LogP contribution in [0.25, 0.3) is 21.5 Å².